The van der Waals surface area contributed by atoms with Crippen LogP contribution < -0.4 is 0 Å². The lowest BCUT2D eigenvalue weighted by molar-refractivity contribution is -0.139. The Morgan fingerprint density at radius 2 is 1.55 bits per heavy atom. The highest BCUT2D eigenvalue weighted by atomic mass is 19.1. The van der Waals surface area contributed by atoms with Crippen molar-refractivity contribution in [3.8, 4) is 0 Å². The third-order valence-corrected chi connectivity index (χ3v) is 6.89. The highest BCUT2D eigenvalue weighted by molar-refractivity contribution is 5.94. The number of hydrogen-bond donors (Lipinski definition) is 0. The molecule has 42 heavy (non-hydrogen) atoms. The van der Waals surface area contributed by atoms with Crippen molar-refractivity contribution in [1.29, 1.82) is 0 Å². The van der Waals surface area contributed by atoms with Crippen LogP contribution in [-0.4, -0.2) is 52.5 Å². The molecule has 0 saturated carbocycles. The standard InChI is InChI=1S/C35H38FN3O3/c1-2-42-24-10-23-38(34(40)21-18-29-11-5-3-6-12-29)28-35(41)39(26-30-13-7-4-8-14-30)27-33-15-9-22-37(33)25-31-16-19-32(36)20-17-31/h3-9,11-22H,2,10,23-28H2,1H3/b21-18+. The van der Waals surface area contributed by atoms with Crippen LogP contribution in [0.3, 0.4) is 0 Å². The molecular weight excluding hydrogens is 529 g/mol. The molecule has 0 unspecified atom stereocenters. The lowest BCUT2D eigenvalue weighted by atomic mass is 10.2. The molecule has 0 N–H and O–H groups in total. The lowest BCUT2D eigenvalue weighted by Crippen LogP contribution is -2.42. The van der Waals surface area contributed by atoms with Gasteiger partial charge >= 0.3 is 0 Å². The molecule has 0 spiro atoms. The van der Waals surface area contributed by atoms with Gasteiger partial charge in [-0.15, -0.1) is 0 Å². The molecule has 4 aromatic rings. The first-order chi connectivity index (χ1) is 20.5. The molecule has 0 saturated heterocycles. The van der Waals surface area contributed by atoms with Crippen LogP contribution in [0.2, 0.25) is 0 Å². The maximum atomic E-state index is 13.9. The Bertz CT molecular complexity index is 1420. The Morgan fingerprint density at radius 3 is 2.26 bits per heavy atom. The molecule has 0 aliphatic rings. The predicted octanol–water partition coefficient (Wildman–Crippen LogP) is 6.17. The number of benzene rings is 3. The van der Waals surface area contributed by atoms with Gasteiger partial charge in [0.15, 0.2) is 0 Å². The van der Waals surface area contributed by atoms with Gasteiger partial charge in [0.1, 0.15) is 12.4 Å². The van der Waals surface area contributed by atoms with Crippen LogP contribution in [0.5, 0.6) is 0 Å². The van der Waals surface area contributed by atoms with Crippen molar-refractivity contribution in [2.75, 3.05) is 26.3 Å². The van der Waals surface area contributed by atoms with Crippen LogP contribution in [0.4, 0.5) is 4.39 Å². The fraction of sp³-hybridized carbons (Fsp3) is 0.257. The Labute approximate surface area is 247 Å². The normalized spacial score (nSPS) is 11.1. The van der Waals surface area contributed by atoms with E-state index in [-0.39, 0.29) is 24.2 Å². The molecule has 3 aromatic carbocycles. The Morgan fingerprint density at radius 1 is 0.833 bits per heavy atom. The van der Waals surface area contributed by atoms with E-state index in [0.717, 1.165) is 22.4 Å². The fourth-order valence-corrected chi connectivity index (χ4v) is 4.63. The van der Waals surface area contributed by atoms with Crippen LogP contribution in [0.1, 0.15) is 35.7 Å². The maximum Gasteiger partial charge on any atom is 0.247 e. The summed E-state index contributed by atoms with van der Waals surface area (Å²) in [5.74, 6) is -0.639. The Hall–Kier alpha value is -4.49. The number of nitrogens with zero attached hydrogens (tertiary/aromatic N) is 3. The molecule has 0 atom stereocenters. The highest BCUT2D eigenvalue weighted by Crippen LogP contribution is 2.15. The average molecular weight is 568 g/mol. The van der Waals surface area contributed by atoms with E-state index in [9.17, 15) is 14.0 Å². The van der Waals surface area contributed by atoms with E-state index in [0.29, 0.717) is 45.8 Å². The molecule has 7 heteroatoms. The Balaban J connectivity index is 1.52. The van der Waals surface area contributed by atoms with Gasteiger partial charge in [-0.05, 0) is 60.4 Å². The first-order valence-corrected chi connectivity index (χ1v) is 14.3. The van der Waals surface area contributed by atoms with Crippen molar-refractivity contribution >= 4 is 17.9 Å². The summed E-state index contributed by atoms with van der Waals surface area (Å²) in [6.45, 7) is 4.74. The van der Waals surface area contributed by atoms with E-state index in [1.54, 1.807) is 28.0 Å². The zero-order chi connectivity index (χ0) is 29.6. The molecule has 1 heterocycles. The van der Waals surface area contributed by atoms with Crippen LogP contribution in [0.25, 0.3) is 6.08 Å². The maximum absolute atomic E-state index is 13.9. The van der Waals surface area contributed by atoms with E-state index in [2.05, 4.69) is 4.57 Å². The monoisotopic (exact) mass is 567 g/mol. The minimum absolute atomic E-state index is 0.0460. The zero-order valence-corrected chi connectivity index (χ0v) is 24.1. The smallest absolute Gasteiger partial charge is 0.247 e. The number of halogens is 1. The SMILES string of the molecule is CCOCCCN(CC(=O)N(Cc1ccccc1)Cc1cccn1Cc1ccc(F)cc1)C(=O)/C=C/c1ccccc1. The number of ether oxygens (including phenoxy) is 1. The van der Waals surface area contributed by atoms with Gasteiger partial charge in [0.25, 0.3) is 0 Å². The number of carbonyl (C=O) groups excluding carboxylic acids is 2. The molecule has 4 rings (SSSR count). The van der Waals surface area contributed by atoms with Gasteiger partial charge in [-0.1, -0.05) is 72.8 Å². The second kappa shape index (κ2) is 16.1. The fourth-order valence-electron chi connectivity index (χ4n) is 4.63. The summed E-state index contributed by atoms with van der Waals surface area (Å²) in [5, 5.41) is 0. The van der Waals surface area contributed by atoms with E-state index < -0.39 is 0 Å². The number of rotatable bonds is 15. The lowest BCUT2D eigenvalue weighted by Gasteiger charge is -2.28. The topological polar surface area (TPSA) is 54.8 Å². The number of hydrogen-bond acceptors (Lipinski definition) is 3. The number of amides is 2. The van der Waals surface area contributed by atoms with E-state index in [1.165, 1.54) is 18.2 Å². The molecule has 0 radical (unpaired) electrons. The van der Waals surface area contributed by atoms with Crippen molar-refractivity contribution in [2.24, 2.45) is 0 Å². The molecular formula is C35H38FN3O3. The zero-order valence-electron chi connectivity index (χ0n) is 24.1. The van der Waals surface area contributed by atoms with Gasteiger partial charge in [0.05, 0.1) is 6.54 Å². The Kier molecular flexibility index (Phi) is 11.7. The molecule has 6 nitrogen and oxygen atoms in total. The summed E-state index contributed by atoms with van der Waals surface area (Å²) in [5.41, 5.74) is 3.83. The first kappa shape index (κ1) is 30.5. The van der Waals surface area contributed by atoms with E-state index in [4.69, 9.17) is 4.74 Å². The summed E-state index contributed by atoms with van der Waals surface area (Å²) in [6, 6.07) is 29.8. The molecule has 1 aromatic heterocycles. The van der Waals surface area contributed by atoms with Crippen LogP contribution >= 0.6 is 0 Å². The van der Waals surface area contributed by atoms with Gasteiger partial charge in [0, 0.05) is 50.8 Å². The van der Waals surface area contributed by atoms with Gasteiger partial charge in [0.2, 0.25) is 11.8 Å². The van der Waals surface area contributed by atoms with Crippen molar-refractivity contribution < 1.29 is 18.7 Å². The minimum Gasteiger partial charge on any atom is -0.382 e. The molecule has 2 amide bonds. The largest absolute Gasteiger partial charge is 0.382 e. The van der Waals surface area contributed by atoms with Gasteiger partial charge < -0.3 is 19.1 Å². The van der Waals surface area contributed by atoms with Gasteiger partial charge in [-0.2, -0.15) is 0 Å². The van der Waals surface area contributed by atoms with E-state index >= 15 is 0 Å². The first-order valence-electron chi connectivity index (χ1n) is 14.3. The summed E-state index contributed by atoms with van der Waals surface area (Å²) >= 11 is 0. The molecule has 0 bridgehead atoms. The highest BCUT2D eigenvalue weighted by Gasteiger charge is 2.22. The van der Waals surface area contributed by atoms with Crippen molar-refractivity contribution in [3.63, 3.8) is 0 Å². The molecule has 0 aliphatic carbocycles. The quantitative estimate of drug-likeness (QED) is 0.128. The molecule has 0 fully saturated rings. The third-order valence-electron chi connectivity index (χ3n) is 6.89. The number of carbonyl (C=O) groups is 2. The molecule has 218 valence electrons. The van der Waals surface area contributed by atoms with Crippen molar-refractivity contribution in [1.82, 2.24) is 14.4 Å². The van der Waals surface area contributed by atoms with Crippen molar-refractivity contribution in [3.05, 3.63) is 138 Å². The summed E-state index contributed by atoms with van der Waals surface area (Å²) < 4.78 is 21.0. The third kappa shape index (κ3) is 9.56. The van der Waals surface area contributed by atoms with Crippen LogP contribution in [-0.2, 0) is 34.0 Å². The average Bonchev–Trinajstić information content (AvgIpc) is 3.45. The summed E-state index contributed by atoms with van der Waals surface area (Å²) in [4.78, 5) is 30.6. The summed E-state index contributed by atoms with van der Waals surface area (Å²) in [7, 11) is 0. The van der Waals surface area contributed by atoms with Gasteiger partial charge in [-0.25, -0.2) is 4.39 Å². The second-order valence-corrected chi connectivity index (χ2v) is 10.0. The van der Waals surface area contributed by atoms with Crippen LogP contribution in [0, 0.1) is 5.82 Å². The van der Waals surface area contributed by atoms with Gasteiger partial charge in [-0.3, -0.25) is 9.59 Å². The summed E-state index contributed by atoms with van der Waals surface area (Å²) in [6.07, 6.45) is 5.89. The minimum atomic E-state index is -0.273. The predicted molar refractivity (Wildman–Crippen MR) is 164 cm³/mol. The molecule has 0 aliphatic heterocycles. The van der Waals surface area contributed by atoms with E-state index in [1.807, 2.05) is 85.9 Å². The second-order valence-electron chi connectivity index (χ2n) is 10.0. The van der Waals surface area contributed by atoms with Crippen LogP contribution in [0.15, 0.2) is 109 Å². The van der Waals surface area contributed by atoms with Crippen molar-refractivity contribution in [2.45, 2.75) is 33.0 Å². The number of aromatic nitrogens is 1.